The quantitative estimate of drug-likeness (QED) is 0.801. The van der Waals surface area contributed by atoms with Gasteiger partial charge in [0.25, 0.3) is 0 Å². The smallest absolute Gasteiger partial charge is 0.227 e. The molecule has 3 fully saturated rings. The van der Waals surface area contributed by atoms with E-state index in [0.717, 1.165) is 25.9 Å². The highest BCUT2D eigenvalue weighted by atomic mass is 16.2. The molecule has 2 atom stereocenters. The molecule has 3 aliphatic rings. The van der Waals surface area contributed by atoms with Crippen molar-refractivity contribution in [1.82, 2.24) is 4.90 Å². The number of hydrogen-bond acceptors (Lipinski definition) is 2. The zero-order valence-electron chi connectivity index (χ0n) is 13.0. The van der Waals surface area contributed by atoms with Gasteiger partial charge in [-0.1, -0.05) is 32.1 Å². The molecule has 20 heavy (non-hydrogen) atoms. The van der Waals surface area contributed by atoms with E-state index in [-0.39, 0.29) is 11.5 Å². The van der Waals surface area contributed by atoms with E-state index in [1.165, 1.54) is 51.4 Å². The van der Waals surface area contributed by atoms with E-state index >= 15 is 0 Å². The molecule has 3 nitrogen and oxygen atoms in total. The highest BCUT2D eigenvalue weighted by molar-refractivity contribution is 5.80. The van der Waals surface area contributed by atoms with Crippen molar-refractivity contribution in [2.24, 2.45) is 17.1 Å². The summed E-state index contributed by atoms with van der Waals surface area (Å²) in [6, 6.07) is 0. The molecule has 2 unspecified atom stereocenters. The van der Waals surface area contributed by atoms with Crippen LogP contribution in [0.5, 0.6) is 0 Å². The Hall–Kier alpha value is -0.570. The van der Waals surface area contributed by atoms with Gasteiger partial charge >= 0.3 is 0 Å². The Labute approximate surface area is 123 Å². The van der Waals surface area contributed by atoms with Crippen molar-refractivity contribution in [2.45, 2.75) is 76.7 Å². The summed E-state index contributed by atoms with van der Waals surface area (Å²) in [5, 5.41) is 0. The molecule has 3 rings (SSSR count). The van der Waals surface area contributed by atoms with Crippen LogP contribution >= 0.6 is 0 Å². The lowest BCUT2D eigenvalue weighted by Gasteiger charge is -2.40. The van der Waals surface area contributed by atoms with Gasteiger partial charge in [0.05, 0.1) is 5.92 Å². The third kappa shape index (κ3) is 2.61. The molecule has 1 saturated heterocycles. The largest absolute Gasteiger partial charge is 0.342 e. The summed E-state index contributed by atoms with van der Waals surface area (Å²) in [7, 11) is 0. The minimum absolute atomic E-state index is 0.0648. The molecule has 114 valence electrons. The molecular weight excluding hydrogens is 248 g/mol. The Morgan fingerprint density at radius 3 is 2.45 bits per heavy atom. The minimum Gasteiger partial charge on any atom is -0.342 e. The van der Waals surface area contributed by atoms with Crippen LogP contribution in [0, 0.1) is 11.3 Å². The van der Waals surface area contributed by atoms with Crippen LogP contribution in [-0.4, -0.2) is 29.4 Å². The molecule has 0 bridgehead atoms. The summed E-state index contributed by atoms with van der Waals surface area (Å²) in [5.74, 6) is 0.423. The average molecular weight is 278 g/mol. The standard InChI is InChI=1S/C17H30N2O/c1-16(18)8-6-3-7-14(16)15(20)19-12-11-17(13-19)9-4-2-5-10-17/h14H,2-13,18H2,1H3. The molecule has 1 heterocycles. The van der Waals surface area contributed by atoms with Crippen LogP contribution in [0.4, 0.5) is 0 Å². The number of rotatable bonds is 1. The second-order valence-corrected chi connectivity index (χ2v) is 7.87. The second kappa shape index (κ2) is 5.32. The van der Waals surface area contributed by atoms with Gasteiger partial charge in [0.2, 0.25) is 5.91 Å². The van der Waals surface area contributed by atoms with Gasteiger partial charge in [-0.3, -0.25) is 4.79 Å². The molecule has 0 aromatic carbocycles. The van der Waals surface area contributed by atoms with Crippen molar-refractivity contribution < 1.29 is 4.79 Å². The lowest BCUT2D eigenvalue weighted by atomic mass is 9.73. The third-order valence-corrected chi connectivity index (χ3v) is 6.22. The SMILES string of the molecule is CC1(N)CCCCC1C(=O)N1CCC2(CCCCC2)C1. The minimum atomic E-state index is -0.280. The number of carbonyl (C=O) groups excluding carboxylic acids is 1. The van der Waals surface area contributed by atoms with E-state index in [0.29, 0.717) is 11.3 Å². The summed E-state index contributed by atoms with van der Waals surface area (Å²) in [5.41, 5.74) is 6.60. The Balaban J connectivity index is 1.66. The molecule has 0 aromatic heterocycles. The maximum absolute atomic E-state index is 12.9. The molecule has 2 saturated carbocycles. The van der Waals surface area contributed by atoms with Crippen molar-refractivity contribution in [2.75, 3.05) is 13.1 Å². The van der Waals surface area contributed by atoms with E-state index in [9.17, 15) is 4.79 Å². The third-order valence-electron chi connectivity index (χ3n) is 6.22. The van der Waals surface area contributed by atoms with Gasteiger partial charge in [0.15, 0.2) is 0 Å². The molecule has 1 amide bonds. The van der Waals surface area contributed by atoms with E-state index in [1.807, 2.05) is 0 Å². The highest BCUT2D eigenvalue weighted by Gasteiger charge is 2.45. The first kappa shape index (κ1) is 14.4. The predicted molar refractivity (Wildman–Crippen MR) is 81.3 cm³/mol. The Morgan fingerprint density at radius 2 is 1.75 bits per heavy atom. The summed E-state index contributed by atoms with van der Waals surface area (Å²) in [6.07, 6.45) is 12.4. The van der Waals surface area contributed by atoms with E-state index in [2.05, 4.69) is 11.8 Å². The molecule has 1 aliphatic heterocycles. The average Bonchev–Trinajstić information content (AvgIpc) is 2.82. The van der Waals surface area contributed by atoms with Crippen LogP contribution in [0.3, 0.4) is 0 Å². The van der Waals surface area contributed by atoms with Gasteiger partial charge in [0.1, 0.15) is 0 Å². The van der Waals surface area contributed by atoms with E-state index < -0.39 is 0 Å². The molecule has 2 N–H and O–H groups in total. The van der Waals surface area contributed by atoms with Gasteiger partial charge in [0, 0.05) is 18.6 Å². The monoisotopic (exact) mass is 278 g/mol. The maximum atomic E-state index is 12.9. The topological polar surface area (TPSA) is 46.3 Å². The number of carbonyl (C=O) groups is 1. The summed E-state index contributed by atoms with van der Waals surface area (Å²) in [4.78, 5) is 15.0. The molecule has 0 aromatic rings. The summed E-state index contributed by atoms with van der Waals surface area (Å²) < 4.78 is 0. The fraction of sp³-hybridized carbons (Fsp3) is 0.941. The van der Waals surface area contributed by atoms with E-state index in [4.69, 9.17) is 5.73 Å². The molecular formula is C17H30N2O. The summed E-state index contributed by atoms with van der Waals surface area (Å²) in [6.45, 7) is 4.07. The van der Waals surface area contributed by atoms with Crippen molar-refractivity contribution in [1.29, 1.82) is 0 Å². The molecule has 2 aliphatic carbocycles. The first-order chi connectivity index (χ1) is 9.53. The lowest BCUT2D eigenvalue weighted by Crippen LogP contribution is -2.53. The number of amides is 1. The molecule has 3 heteroatoms. The zero-order chi connectivity index (χ0) is 14.2. The van der Waals surface area contributed by atoms with Crippen LogP contribution in [-0.2, 0) is 4.79 Å². The Kier molecular flexibility index (Phi) is 3.83. The lowest BCUT2D eigenvalue weighted by molar-refractivity contribution is -0.138. The van der Waals surface area contributed by atoms with Crippen molar-refractivity contribution in [3.05, 3.63) is 0 Å². The number of nitrogens with zero attached hydrogens (tertiary/aromatic N) is 1. The van der Waals surface area contributed by atoms with Crippen LogP contribution in [0.25, 0.3) is 0 Å². The van der Waals surface area contributed by atoms with Crippen LogP contribution in [0.1, 0.15) is 71.1 Å². The van der Waals surface area contributed by atoms with Crippen LogP contribution in [0.2, 0.25) is 0 Å². The molecule has 0 radical (unpaired) electrons. The number of nitrogens with two attached hydrogens (primary N) is 1. The fourth-order valence-electron chi connectivity index (χ4n) is 4.82. The van der Waals surface area contributed by atoms with Crippen molar-refractivity contribution in [3.63, 3.8) is 0 Å². The second-order valence-electron chi connectivity index (χ2n) is 7.87. The van der Waals surface area contributed by atoms with Gasteiger partial charge < -0.3 is 10.6 Å². The predicted octanol–water partition coefficient (Wildman–Crippen LogP) is 3.08. The first-order valence-corrected chi connectivity index (χ1v) is 8.60. The number of likely N-dealkylation sites (tertiary alicyclic amines) is 1. The van der Waals surface area contributed by atoms with E-state index in [1.54, 1.807) is 0 Å². The zero-order valence-corrected chi connectivity index (χ0v) is 13.0. The summed E-state index contributed by atoms with van der Waals surface area (Å²) >= 11 is 0. The van der Waals surface area contributed by atoms with Crippen LogP contribution < -0.4 is 5.73 Å². The fourth-order valence-corrected chi connectivity index (χ4v) is 4.82. The van der Waals surface area contributed by atoms with Gasteiger partial charge in [-0.2, -0.15) is 0 Å². The van der Waals surface area contributed by atoms with Gasteiger partial charge in [-0.25, -0.2) is 0 Å². The Bertz CT molecular complexity index is 371. The first-order valence-electron chi connectivity index (χ1n) is 8.60. The van der Waals surface area contributed by atoms with Crippen LogP contribution in [0.15, 0.2) is 0 Å². The Morgan fingerprint density at radius 1 is 1.05 bits per heavy atom. The van der Waals surface area contributed by atoms with Gasteiger partial charge in [-0.15, -0.1) is 0 Å². The molecule has 1 spiro atoms. The van der Waals surface area contributed by atoms with Gasteiger partial charge in [-0.05, 0) is 44.4 Å². The highest BCUT2D eigenvalue weighted by Crippen LogP contribution is 2.44. The number of hydrogen-bond donors (Lipinski definition) is 1. The van der Waals surface area contributed by atoms with Crippen molar-refractivity contribution in [3.8, 4) is 0 Å². The maximum Gasteiger partial charge on any atom is 0.227 e. The normalized spacial score (nSPS) is 37.3. The van der Waals surface area contributed by atoms with Crippen molar-refractivity contribution >= 4 is 5.91 Å².